The molecular formula is C23H28F3NO3S. The standard InChI is InChI=1S/C23H28F3NO3S/c1-4-29-21(28)8-6-16-5-7-19(15(3)14(16)2)30-13-18-20(12-24)31-27-22(18)17-9-10-23(25,26)11-17/h5,7,17H,4,6,8-13H2,1-3H3. The first-order valence-corrected chi connectivity index (χ1v) is 11.3. The first-order valence-electron chi connectivity index (χ1n) is 10.5. The Bertz CT molecular complexity index is 929. The van der Waals surface area contributed by atoms with Gasteiger partial charge in [-0.15, -0.1) is 0 Å². The summed E-state index contributed by atoms with van der Waals surface area (Å²) >= 11 is 1.03. The first-order chi connectivity index (χ1) is 14.8. The number of alkyl halides is 3. The van der Waals surface area contributed by atoms with Crippen molar-refractivity contribution in [2.75, 3.05) is 6.61 Å². The van der Waals surface area contributed by atoms with Crippen LogP contribution in [0.5, 0.6) is 5.75 Å². The topological polar surface area (TPSA) is 48.4 Å². The number of rotatable bonds is 9. The van der Waals surface area contributed by atoms with Gasteiger partial charge in [0.2, 0.25) is 5.92 Å². The molecule has 0 spiro atoms. The molecule has 1 aromatic heterocycles. The number of benzene rings is 1. The second-order valence-electron chi connectivity index (χ2n) is 7.97. The lowest BCUT2D eigenvalue weighted by Gasteiger charge is -2.16. The average molecular weight is 456 g/mol. The van der Waals surface area contributed by atoms with Gasteiger partial charge in [-0.1, -0.05) is 6.07 Å². The second-order valence-corrected chi connectivity index (χ2v) is 8.82. The number of ether oxygens (including phenoxy) is 2. The molecule has 0 aliphatic heterocycles. The van der Waals surface area contributed by atoms with Crippen LogP contribution in [0, 0.1) is 13.8 Å². The highest BCUT2D eigenvalue weighted by Crippen LogP contribution is 2.45. The van der Waals surface area contributed by atoms with Crippen molar-refractivity contribution in [1.82, 2.24) is 4.37 Å². The average Bonchev–Trinajstić information content (AvgIpc) is 3.30. The lowest BCUT2D eigenvalue weighted by molar-refractivity contribution is -0.143. The molecule has 31 heavy (non-hydrogen) atoms. The maximum absolute atomic E-state index is 13.7. The van der Waals surface area contributed by atoms with Crippen molar-refractivity contribution in [2.24, 2.45) is 0 Å². The van der Waals surface area contributed by atoms with Crippen LogP contribution in [-0.4, -0.2) is 22.9 Å². The number of aromatic nitrogens is 1. The van der Waals surface area contributed by atoms with Crippen LogP contribution in [0.15, 0.2) is 12.1 Å². The molecule has 1 heterocycles. The third-order valence-electron chi connectivity index (χ3n) is 5.94. The lowest BCUT2D eigenvalue weighted by Crippen LogP contribution is -2.10. The summed E-state index contributed by atoms with van der Waals surface area (Å²) in [6.07, 6.45) is 0.827. The molecule has 0 amide bonds. The van der Waals surface area contributed by atoms with Crippen LogP contribution in [0.2, 0.25) is 0 Å². The van der Waals surface area contributed by atoms with E-state index in [-0.39, 0.29) is 31.3 Å². The number of esters is 1. The predicted molar refractivity (Wildman–Crippen MR) is 114 cm³/mol. The summed E-state index contributed by atoms with van der Waals surface area (Å²) in [5.41, 5.74) is 4.13. The van der Waals surface area contributed by atoms with Gasteiger partial charge in [0, 0.05) is 30.7 Å². The van der Waals surface area contributed by atoms with Crippen molar-refractivity contribution in [3.05, 3.63) is 45.0 Å². The minimum atomic E-state index is -2.69. The fraction of sp³-hybridized carbons (Fsp3) is 0.565. The van der Waals surface area contributed by atoms with Gasteiger partial charge < -0.3 is 9.47 Å². The Morgan fingerprint density at radius 3 is 2.71 bits per heavy atom. The van der Waals surface area contributed by atoms with Crippen LogP contribution in [-0.2, 0) is 29.2 Å². The summed E-state index contributed by atoms with van der Waals surface area (Å²) in [6, 6.07) is 3.75. The van der Waals surface area contributed by atoms with Gasteiger partial charge in [0.05, 0.1) is 17.2 Å². The molecule has 1 atom stereocenters. The zero-order valence-corrected chi connectivity index (χ0v) is 18.9. The van der Waals surface area contributed by atoms with E-state index in [1.54, 1.807) is 6.92 Å². The van der Waals surface area contributed by atoms with Gasteiger partial charge in [0.15, 0.2) is 0 Å². The van der Waals surface area contributed by atoms with Gasteiger partial charge in [-0.2, -0.15) is 4.37 Å². The fourth-order valence-corrected chi connectivity index (χ4v) is 4.81. The van der Waals surface area contributed by atoms with Crippen LogP contribution in [0.1, 0.15) is 71.3 Å². The van der Waals surface area contributed by atoms with E-state index in [0.29, 0.717) is 47.8 Å². The van der Waals surface area contributed by atoms with Crippen molar-refractivity contribution in [2.45, 2.75) is 78.0 Å². The Kier molecular flexibility index (Phi) is 7.62. The summed E-state index contributed by atoms with van der Waals surface area (Å²) in [7, 11) is 0. The van der Waals surface area contributed by atoms with Gasteiger partial charge in [0.25, 0.3) is 0 Å². The Morgan fingerprint density at radius 2 is 2.06 bits per heavy atom. The number of hydrogen-bond acceptors (Lipinski definition) is 5. The summed E-state index contributed by atoms with van der Waals surface area (Å²) in [4.78, 5) is 12.1. The molecule has 0 saturated heterocycles. The zero-order valence-electron chi connectivity index (χ0n) is 18.1. The third-order valence-corrected chi connectivity index (χ3v) is 6.80. The van der Waals surface area contributed by atoms with E-state index in [0.717, 1.165) is 28.2 Å². The molecule has 170 valence electrons. The molecule has 1 aromatic carbocycles. The van der Waals surface area contributed by atoms with Crippen LogP contribution >= 0.6 is 11.5 Å². The molecule has 1 saturated carbocycles. The van der Waals surface area contributed by atoms with Crippen LogP contribution in [0.4, 0.5) is 13.2 Å². The highest BCUT2D eigenvalue weighted by molar-refractivity contribution is 7.06. The van der Waals surface area contributed by atoms with Crippen molar-refractivity contribution >= 4 is 17.5 Å². The molecule has 1 aliphatic rings. The number of nitrogens with zero attached hydrogens (tertiary/aromatic N) is 1. The summed E-state index contributed by atoms with van der Waals surface area (Å²) in [5, 5.41) is 0. The maximum atomic E-state index is 13.7. The number of carbonyl (C=O) groups excluding carboxylic acids is 1. The summed E-state index contributed by atoms with van der Waals surface area (Å²) < 4.78 is 56.1. The first kappa shape index (κ1) is 23.6. The van der Waals surface area contributed by atoms with Crippen molar-refractivity contribution < 1.29 is 27.4 Å². The second kappa shape index (κ2) is 10.0. The molecule has 1 aliphatic carbocycles. The Labute approximate surface area is 184 Å². The molecule has 3 rings (SSSR count). The molecular weight excluding hydrogens is 427 g/mol. The van der Waals surface area contributed by atoms with E-state index in [2.05, 4.69) is 4.37 Å². The SMILES string of the molecule is CCOC(=O)CCc1ccc(OCc2c(C3CCC(F)(F)C3)nsc2CF)c(C)c1C. The van der Waals surface area contributed by atoms with Crippen LogP contribution in [0.3, 0.4) is 0 Å². The van der Waals surface area contributed by atoms with Crippen LogP contribution < -0.4 is 4.74 Å². The fourth-order valence-electron chi connectivity index (χ4n) is 4.02. The molecule has 4 nitrogen and oxygen atoms in total. The number of carbonyl (C=O) groups is 1. The van der Waals surface area contributed by atoms with E-state index >= 15 is 0 Å². The molecule has 1 fully saturated rings. The Hall–Kier alpha value is -2.09. The van der Waals surface area contributed by atoms with Crippen molar-refractivity contribution in [1.29, 1.82) is 0 Å². The lowest BCUT2D eigenvalue weighted by atomic mass is 9.98. The van der Waals surface area contributed by atoms with Crippen molar-refractivity contribution in [3.63, 3.8) is 0 Å². The minimum absolute atomic E-state index is 0.0929. The molecule has 1 unspecified atom stereocenters. The maximum Gasteiger partial charge on any atom is 0.306 e. The van der Waals surface area contributed by atoms with E-state index in [9.17, 15) is 18.0 Å². The number of hydrogen-bond donors (Lipinski definition) is 0. The highest BCUT2D eigenvalue weighted by Gasteiger charge is 2.42. The van der Waals surface area contributed by atoms with E-state index in [1.807, 2.05) is 26.0 Å². The van der Waals surface area contributed by atoms with E-state index in [4.69, 9.17) is 9.47 Å². The Morgan fingerprint density at radius 1 is 1.29 bits per heavy atom. The van der Waals surface area contributed by atoms with Gasteiger partial charge >= 0.3 is 5.97 Å². The molecule has 0 N–H and O–H groups in total. The Balaban J connectivity index is 1.72. The van der Waals surface area contributed by atoms with Gasteiger partial charge in [-0.05, 0) is 67.9 Å². The normalized spacial score (nSPS) is 17.7. The van der Waals surface area contributed by atoms with Crippen LogP contribution in [0.25, 0.3) is 0 Å². The van der Waals surface area contributed by atoms with Gasteiger partial charge in [-0.3, -0.25) is 4.79 Å². The molecule has 2 aromatic rings. The van der Waals surface area contributed by atoms with Gasteiger partial charge in [-0.25, -0.2) is 13.2 Å². The smallest absolute Gasteiger partial charge is 0.306 e. The van der Waals surface area contributed by atoms with E-state index < -0.39 is 12.6 Å². The molecule has 0 bridgehead atoms. The quantitative estimate of drug-likeness (QED) is 0.422. The summed E-state index contributed by atoms with van der Waals surface area (Å²) in [5.74, 6) is -2.63. The van der Waals surface area contributed by atoms with Crippen molar-refractivity contribution in [3.8, 4) is 5.75 Å². The monoisotopic (exact) mass is 455 g/mol. The summed E-state index contributed by atoms with van der Waals surface area (Å²) in [6.45, 7) is 5.44. The molecule has 8 heteroatoms. The van der Waals surface area contributed by atoms with Gasteiger partial charge in [0.1, 0.15) is 19.0 Å². The minimum Gasteiger partial charge on any atom is -0.489 e. The highest BCUT2D eigenvalue weighted by atomic mass is 32.1. The van der Waals surface area contributed by atoms with E-state index in [1.165, 1.54) is 0 Å². The third kappa shape index (κ3) is 5.59. The number of aryl methyl sites for hydroxylation is 1. The molecule has 0 radical (unpaired) electrons. The zero-order chi connectivity index (χ0) is 22.6. The largest absolute Gasteiger partial charge is 0.489 e. The predicted octanol–water partition coefficient (Wildman–Crippen LogP) is 6.21. The number of halogens is 3.